The fraction of sp³-hybridized carbons (Fsp3) is 0.625. The monoisotopic (exact) mass is 278 g/mol. The zero-order chi connectivity index (χ0) is 14.1. The van der Waals surface area contributed by atoms with Gasteiger partial charge < -0.3 is 19.3 Å². The van der Waals surface area contributed by atoms with Crippen molar-refractivity contribution >= 4 is 0 Å². The van der Waals surface area contributed by atoms with E-state index < -0.39 is 6.10 Å². The van der Waals surface area contributed by atoms with Gasteiger partial charge in [-0.1, -0.05) is 13.0 Å². The molecule has 0 aromatic heterocycles. The van der Waals surface area contributed by atoms with Crippen LogP contribution in [0.4, 0.5) is 0 Å². The van der Waals surface area contributed by atoms with E-state index in [1.807, 2.05) is 25.1 Å². The molecular weight excluding hydrogens is 256 g/mol. The van der Waals surface area contributed by atoms with Crippen LogP contribution in [0.3, 0.4) is 0 Å². The fourth-order valence-corrected chi connectivity index (χ4v) is 2.80. The molecule has 110 valence electrons. The molecule has 1 saturated heterocycles. The van der Waals surface area contributed by atoms with E-state index in [2.05, 4.69) is 6.92 Å². The molecule has 0 saturated carbocycles. The molecule has 0 aliphatic carbocycles. The van der Waals surface area contributed by atoms with Crippen molar-refractivity contribution in [2.24, 2.45) is 11.8 Å². The Labute approximate surface area is 119 Å². The van der Waals surface area contributed by atoms with Crippen LogP contribution in [0, 0.1) is 11.8 Å². The molecule has 1 aromatic rings. The summed E-state index contributed by atoms with van der Waals surface area (Å²) >= 11 is 0. The number of hydrogen-bond acceptors (Lipinski definition) is 4. The molecule has 3 rings (SSSR count). The molecule has 1 fully saturated rings. The Morgan fingerprint density at radius 3 is 2.55 bits per heavy atom. The Bertz CT molecular complexity index is 474. The lowest BCUT2D eigenvalue weighted by atomic mass is 9.93. The lowest BCUT2D eigenvalue weighted by Gasteiger charge is -2.18. The normalized spacial score (nSPS) is 30.9. The van der Waals surface area contributed by atoms with Crippen molar-refractivity contribution in [2.75, 3.05) is 19.8 Å². The van der Waals surface area contributed by atoms with Gasteiger partial charge in [-0.05, 0) is 31.0 Å². The third kappa shape index (κ3) is 2.76. The highest BCUT2D eigenvalue weighted by Crippen LogP contribution is 2.37. The number of ether oxygens (including phenoxy) is 3. The second kappa shape index (κ2) is 5.62. The van der Waals surface area contributed by atoms with Crippen LogP contribution in [0.25, 0.3) is 0 Å². The van der Waals surface area contributed by atoms with E-state index in [0.717, 1.165) is 23.5 Å². The molecule has 0 radical (unpaired) electrons. The van der Waals surface area contributed by atoms with Crippen LogP contribution in [-0.2, 0) is 4.74 Å². The number of fused-ring (bicyclic) bond motifs is 1. The number of benzene rings is 1. The highest BCUT2D eigenvalue weighted by Gasteiger charge is 2.30. The van der Waals surface area contributed by atoms with E-state index in [9.17, 15) is 5.11 Å². The van der Waals surface area contributed by atoms with Crippen LogP contribution >= 0.6 is 0 Å². The van der Waals surface area contributed by atoms with Gasteiger partial charge in [0.25, 0.3) is 0 Å². The molecule has 4 nitrogen and oxygen atoms in total. The summed E-state index contributed by atoms with van der Waals surface area (Å²) in [4.78, 5) is 0. The summed E-state index contributed by atoms with van der Waals surface area (Å²) in [5.41, 5.74) is 0.879. The third-order valence-corrected chi connectivity index (χ3v) is 4.03. The smallest absolute Gasteiger partial charge is 0.161 e. The van der Waals surface area contributed by atoms with Gasteiger partial charge in [0.1, 0.15) is 0 Å². The quantitative estimate of drug-likeness (QED) is 0.903. The molecule has 4 atom stereocenters. The van der Waals surface area contributed by atoms with Gasteiger partial charge in [-0.3, -0.25) is 0 Å². The Balaban J connectivity index is 1.78. The fourth-order valence-electron chi connectivity index (χ4n) is 2.80. The van der Waals surface area contributed by atoms with Crippen molar-refractivity contribution in [3.05, 3.63) is 23.8 Å². The molecule has 4 unspecified atom stereocenters. The van der Waals surface area contributed by atoms with Crippen LogP contribution in [0.2, 0.25) is 0 Å². The summed E-state index contributed by atoms with van der Waals surface area (Å²) in [5, 5.41) is 10.5. The molecule has 0 bridgehead atoms. The lowest BCUT2D eigenvalue weighted by Crippen LogP contribution is -2.13. The van der Waals surface area contributed by atoms with Crippen molar-refractivity contribution in [1.82, 2.24) is 0 Å². The van der Waals surface area contributed by atoms with Gasteiger partial charge in [-0.15, -0.1) is 0 Å². The molecule has 4 heteroatoms. The van der Waals surface area contributed by atoms with Gasteiger partial charge in [0.15, 0.2) is 11.5 Å². The van der Waals surface area contributed by atoms with E-state index in [1.165, 1.54) is 0 Å². The minimum atomic E-state index is -0.505. The second-order valence-electron chi connectivity index (χ2n) is 6.02. The van der Waals surface area contributed by atoms with Crippen LogP contribution in [-0.4, -0.2) is 31.0 Å². The van der Waals surface area contributed by atoms with E-state index >= 15 is 0 Å². The van der Waals surface area contributed by atoms with Crippen molar-refractivity contribution in [3.8, 4) is 11.5 Å². The third-order valence-electron chi connectivity index (χ3n) is 4.03. The maximum Gasteiger partial charge on any atom is 0.161 e. The summed E-state index contributed by atoms with van der Waals surface area (Å²) < 4.78 is 17.0. The average molecular weight is 278 g/mol. The molecule has 20 heavy (non-hydrogen) atoms. The Morgan fingerprint density at radius 1 is 1.10 bits per heavy atom. The Kier molecular flexibility index (Phi) is 3.85. The minimum absolute atomic E-state index is 0.161. The maximum atomic E-state index is 10.5. The zero-order valence-corrected chi connectivity index (χ0v) is 12.0. The molecule has 1 aromatic carbocycles. The molecular formula is C16H22O4. The largest absolute Gasteiger partial charge is 0.489 e. The van der Waals surface area contributed by atoms with Gasteiger partial charge in [-0.2, -0.15) is 0 Å². The number of rotatable bonds is 2. The van der Waals surface area contributed by atoms with Crippen LogP contribution in [0.5, 0.6) is 11.5 Å². The zero-order valence-electron chi connectivity index (χ0n) is 12.0. The molecule has 1 N–H and O–H groups in total. The van der Waals surface area contributed by atoms with Crippen molar-refractivity contribution in [1.29, 1.82) is 0 Å². The van der Waals surface area contributed by atoms with E-state index in [0.29, 0.717) is 25.7 Å². The summed E-state index contributed by atoms with van der Waals surface area (Å²) in [5.74, 6) is 2.03. The van der Waals surface area contributed by atoms with Gasteiger partial charge in [0.2, 0.25) is 0 Å². The van der Waals surface area contributed by atoms with Gasteiger partial charge in [0.05, 0.1) is 32.0 Å². The van der Waals surface area contributed by atoms with Crippen LogP contribution in [0.1, 0.15) is 31.9 Å². The molecule has 2 heterocycles. The first-order valence-electron chi connectivity index (χ1n) is 7.32. The van der Waals surface area contributed by atoms with Crippen LogP contribution < -0.4 is 9.47 Å². The first kappa shape index (κ1) is 13.7. The topological polar surface area (TPSA) is 47.9 Å². The summed E-state index contributed by atoms with van der Waals surface area (Å²) in [6.45, 7) is 6.08. The minimum Gasteiger partial charge on any atom is -0.489 e. The highest BCUT2D eigenvalue weighted by molar-refractivity contribution is 5.44. The van der Waals surface area contributed by atoms with Crippen molar-refractivity contribution in [3.63, 3.8) is 0 Å². The predicted molar refractivity (Wildman–Crippen MR) is 75.1 cm³/mol. The van der Waals surface area contributed by atoms with E-state index in [-0.39, 0.29) is 12.0 Å². The molecule has 2 aliphatic rings. The molecule has 0 amide bonds. The lowest BCUT2D eigenvalue weighted by molar-refractivity contribution is 0.0802. The Morgan fingerprint density at radius 2 is 1.85 bits per heavy atom. The van der Waals surface area contributed by atoms with Crippen molar-refractivity contribution < 1.29 is 19.3 Å². The number of aliphatic hydroxyl groups is 1. The standard InChI is InChI=1S/C16H22O4/c1-10-7-19-14-4-3-12(6-15(14)20-8-10)16(17)13-5-11(2)18-9-13/h3-4,6,10-11,13,16-17H,5,7-9H2,1-2H3. The summed E-state index contributed by atoms with van der Waals surface area (Å²) in [6.07, 6.45) is 0.623. The van der Waals surface area contributed by atoms with Gasteiger partial charge in [-0.25, -0.2) is 0 Å². The summed E-state index contributed by atoms with van der Waals surface area (Å²) in [6, 6.07) is 5.72. The van der Waals surface area contributed by atoms with E-state index in [1.54, 1.807) is 0 Å². The predicted octanol–water partition coefficient (Wildman–Crippen LogP) is 2.55. The van der Waals surface area contributed by atoms with Crippen molar-refractivity contribution in [2.45, 2.75) is 32.5 Å². The van der Waals surface area contributed by atoms with Crippen LogP contribution in [0.15, 0.2) is 18.2 Å². The molecule has 2 aliphatic heterocycles. The summed E-state index contributed by atoms with van der Waals surface area (Å²) in [7, 11) is 0. The molecule has 0 spiro atoms. The average Bonchev–Trinajstić information content (AvgIpc) is 2.80. The van der Waals surface area contributed by atoms with E-state index in [4.69, 9.17) is 14.2 Å². The SMILES string of the molecule is CC1COc2ccc(C(O)C3COC(C)C3)cc2OC1. The first-order valence-corrected chi connectivity index (χ1v) is 7.32. The van der Waals surface area contributed by atoms with Gasteiger partial charge >= 0.3 is 0 Å². The second-order valence-corrected chi connectivity index (χ2v) is 6.02. The first-order chi connectivity index (χ1) is 9.63. The number of hydrogen-bond donors (Lipinski definition) is 1. The number of aliphatic hydroxyl groups excluding tert-OH is 1. The van der Waals surface area contributed by atoms with Gasteiger partial charge in [0, 0.05) is 11.8 Å². The maximum absolute atomic E-state index is 10.5. The highest BCUT2D eigenvalue weighted by atomic mass is 16.5. The Hall–Kier alpha value is -1.26.